The maximum Gasteiger partial charge on any atom is 0.227 e. The first-order valence-electron chi connectivity index (χ1n) is 6.49. The molecule has 0 atom stereocenters. The minimum atomic E-state index is -0.286. The Morgan fingerprint density at radius 2 is 1.75 bits per heavy atom. The molecule has 1 heterocycles. The van der Waals surface area contributed by atoms with Crippen molar-refractivity contribution in [3.63, 3.8) is 0 Å². The number of benzene rings is 1. The van der Waals surface area contributed by atoms with Gasteiger partial charge in [-0.15, -0.1) is 0 Å². The van der Waals surface area contributed by atoms with E-state index in [0.717, 1.165) is 0 Å². The molecular formula is C14H16Cl2N2O2. The Kier molecular flexibility index (Phi) is 4.89. The Hall–Kier alpha value is -1.26. The van der Waals surface area contributed by atoms with E-state index in [-0.39, 0.29) is 24.2 Å². The normalized spacial score (nSPS) is 16.2. The molecule has 6 heteroatoms. The number of piperidine rings is 1. The number of amides is 2. The van der Waals surface area contributed by atoms with Crippen LogP contribution in [0.1, 0.15) is 18.4 Å². The fraction of sp³-hybridized carbons (Fsp3) is 0.429. The maximum absolute atomic E-state index is 12.2. The van der Waals surface area contributed by atoms with Crippen molar-refractivity contribution in [2.75, 3.05) is 13.1 Å². The number of primary amides is 1. The van der Waals surface area contributed by atoms with Gasteiger partial charge < -0.3 is 10.6 Å². The summed E-state index contributed by atoms with van der Waals surface area (Å²) in [6, 6.07) is 5.18. The van der Waals surface area contributed by atoms with E-state index in [9.17, 15) is 9.59 Å². The van der Waals surface area contributed by atoms with E-state index >= 15 is 0 Å². The molecule has 1 aromatic carbocycles. The molecule has 0 aliphatic carbocycles. The highest BCUT2D eigenvalue weighted by molar-refractivity contribution is 6.36. The summed E-state index contributed by atoms with van der Waals surface area (Å²) in [5.41, 5.74) is 5.93. The van der Waals surface area contributed by atoms with Crippen LogP contribution in [0.2, 0.25) is 10.0 Å². The average Bonchev–Trinajstić information content (AvgIpc) is 2.43. The molecule has 0 unspecified atom stereocenters. The molecule has 2 rings (SSSR count). The van der Waals surface area contributed by atoms with Gasteiger partial charge in [-0.2, -0.15) is 0 Å². The van der Waals surface area contributed by atoms with E-state index in [1.807, 2.05) is 0 Å². The lowest BCUT2D eigenvalue weighted by Gasteiger charge is -2.30. The van der Waals surface area contributed by atoms with Gasteiger partial charge >= 0.3 is 0 Å². The van der Waals surface area contributed by atoms with E-state index < -0.39 is 0 Å². The van der Waals surface area contributed by atoms with Crippen LogP contribution in [0.15, 0.2) is 18.2 Å². The van der Waals surface area contributed by atoms with Crippen molar-refractivity contribution in [2.45, 2.75) is 19.3 Å². The van der Waals surface area contributed by atoms with Gasteiger partial charge in [-0.1, -0.05) is 29.3 Å². The summed E-state index contributed by atoms with van der Waals surface area (Å²) in [5.74, 6) is -0.433. The summed E-state index contributed by atoms with van der Waals surface area (Å²) in [5, 5.41) is 0.996. The minimum Gasteiger partial charge on any atom is -0.369 e. The molecule has 1 aliphatic rings. The van der Waals surface area contributed by atoms with Crippen LogP contribution in [-0.2, 0) is 16.0 Å². The van der Waals surface area contributed by atoms with Gasteiger partial charge in [0.1, 0.15) is 0 Å². The number of hydrogen-bond acceptors (Lipinski definition) is 2. The summed E-state index contributed by atoms with van der Waals surface area (Å²) >= 11 is 12.1. The molecule has 0 bridgehead atoms. The Labute approximate surface area is 127 Å². The first-order chi connectivity index (χ1) is 9.49. The summed E-state index contributed by atoms with van der Waals surface area (Å²) in [7, 11) is 0. The Balaban J connectivity index is 1.98. The first-order valence-corrected chi connectivity index (χ1v) is 7.24. The summed E-state index contributed by atoms with van der Waals surface area (Å²) in [4.78, 5) is 25.1. The monoisotopic (exact) mass is 314 g/mol. The first kappa shape index (κ1) is 15.1. The highest BCUT2D eigenvalue weighted by atomic mass is 35.5. The second-order valence-electron chi connectivity index (χ2n) is 4.93. The zero-order valence-electron chi connectivity index (χ0n) is 10.9. The van der Waals surface area contributed by atoms with E-state index in [4.69, 9.17) is 28.9 Å². The quantitative estimate of drug-likeness (QED) is 0.930. The van der Waals surface area contributed by atoms with E-state index in [1.54, 1.807) is 23.1 Å². The number of rotatable bonds is 3. The molecule has 0 spiro atoms. The topological polar surface area (TPSA) is 63.4 Å². The summed E-state index contributed by atoms with van der Waals surface area (Å²) in [6.07, 6.45) is 1.42. The number of nitrogens with two attached hydrogens (primary N) is 1. The molecule has 1 aliphatic heterocycles. The maximum atomic E-state index is 12.2. The van der Waals surface area contributed by atoms with Gasteiger partial charge in [0.15, 0.2) is 0 Å². The molecule has 0 aromatic heterocycles. The molecular weight excluding hydrogens is 299 g/mol. The Morgan fingerprint density at radius 1 is 1.20 bits per heavy atom. The lowest BCUT2D eigenvalue weighted by molar-refractivity contribution is -0.134. The van der Waals surface area contributed by atoms with Crippen molar-refractivity contribution >= 4 is 35.0 Å². The number of likely N-dealkylation sites (tertiary alicyclic amines) is 1. The molecule has 2 N–H and O–H groups in total. The Morgan fingerprint density at radius 3 is 2.25 bits per heavy atom. The van der Waals surface area contributed by atoms with E-state index in [0.29, 0.717) is 41.5 Å². The third kappa shape index (κ3) is 3.44. The van der Waals surface area contributed by atoms with E-state index in [1.165, 1.54) is 0 Å². The predicted molar refractivity (Wildman–Crippen MR) is 78.7 cm³/mol. The van der Waals surface area contributed by atoms with Crippen LogP contribution >= 0.6 is 23.2 Å². The molecule has 0 saturated carbocycles. The van der Waals surface area contributed by atoms with Gasteiger partial charge in [-0.05, 0) is 30.5 Å². The third-order valence-corrected chi connectivity index (χ3v) is 4.35. The zero-order valence-corrected chi connectivity index (χ0v) is 12.5. The van der Waals surface area contributed by atoms with Crippen molar-refractivity contribution in [3.05, 3.63) is 33.8 Å². The smallest absolute Gasteiger partial charge is 0.227 e. The van der Waals surface area contributed by atoms with Crippen molar-refractivity contribution in [1.82, 2.24) is 4.90 Å². The molecule has 1 aromatic rings. The zero-order chi connectivity index (χ0) is 14.7. The van der Waals surface area contributed by atoms with Gasteiger partial charge in [0, 0.05) is 29.1 Å². The van der Waals surface area contributed by atoms with Gasteiger partial charge in [0.05, 0.1) is 6.42 Å². The third-order valence-electron chi connectivity index (χ3n) is 3.64. The largest absolute Gasteiger partial charge is 0.369 e. The lowest BCUT2D eigenvalue weighted by Crippen LogP contribution is -2.42. The SMILES string of the molecule is NC(=O)C1CCN(C(=O)Cc2c(Cl)cccc2Cl)CC1. The van der Waals surface area contributed by atoms with Crippen LogP contribution in [0.3, 0.4) is 0 Å². The Bertz CT molecular complexity index is 506. The van der Waals surface area contributed by atoms with Gasteiger partial charge in [0.2, 0.25) is 11.8 Å². The standard InChI is InChI=1S/C14H16Cl2N2O2/c15-11-2-1-3-12(16)10(11)8-13(19)18-6-4-9(5-7-18)14(17)20/h1-3,9H,4-8H2,(H2,17,20). The molecule has 108 valence electrons. The second-order valence-corrected chi connectivity index (χ2v) is 5.75. The highest BCUT2D eigenvalue weighted by Gasteiger charge is 2.26. The van der Waals surface area contributed by atoms with Crippen LogP contribution in [0.25, 0.3) is 0 Å². The van der Waals surface area contributed by atoms with Gasteiger partial charge in [0.25, 0.3) is 0 Å². The fourth-order valence-electron chi connectivity index (χ4n) is 2.38. The molecule has 0 radical (unpaired) electrons. The molecule has 1 saturated heterocycles. The molecule has 2 amide bonds. The van der Waals surface area contributed by atoms with Crippen LogP contribution < -0.4 is 5.73 Å². The van der Waals surface area contributed by atoms with Crippen LogP contribution in [0.5, 0.6) is 0 Å². The minimum absolute atomic E-state index is 0.0251. The van der Waals surface area contributed by atoms with Gasteiger partial charge in [-0.3, -0.25) is 9.59 Å². The molecule has 1 fully saturated rings. The number of hydrogen-bond donors (Lipinski definition) is 1. The fourth-order valence-corrected chi connectivity index (χ4v) is 2.91. The number of nitrogens with zero attached hydrogens (tertiary/aromatic N) is 1. The van der Waals surface area contributed by atoms with Crippen molar-refractivity contribution in [1.29, 1.82) is 0 Å². The van der Waals surface area contributed by atoms with Crippen LogP contribution in [-0.4, -0.2) is 29.8 Å². The summed E-state index contributed by atoms with van der Waals surface area (Å²) < 4.78 is 0. The number of halogens is 2. The molecule has 20 heavy (non-hydrogen) atoms. The summed E-state index contributed by atoms with van der Waals surface area (Å²) in [6.45, 7) is 1.10. The van der Waals surface area contributed by atoms with E-state index in [2.05, 4.69) is 0 Å². The van der Waals surface area contributed by atoms with Crippen molar-refractivity contribution in [3.8, 4) is 0 Å². The van der Waals surface area contributed by atoms with Crippen molar-refractivity contribution in [2.24, 2.45) is 11.7 Å². The van der Waals surface area contributed by atoms with Crippen molar-refractivity contribution < 1.29 is 9.59 Å². The average molecular weight is 315 g/mol. The molecule has 4 nitrogen and oxygen atoms in total. The van der Waals surface area contributed by atoms with Crippen LogP contribution in [0.4, 0.5) is 0 Å². The highest BCUT2D eigenvalue weighted by Crippen LogP contribution is 2.26. The number of carbonyl (C=O) groups excluding carboxylic acids is 2. The van der Waals surface area contributed by atoms with Crippen LogP contribution in [0, 0.1) is 5.92 Å². The second kappa shape index (κ2) is 6.46. The van der Waals surface area contributed by atoms with Gasteiger partial charge in [-0.25, -0.2) is 0 Å². The number of carbonyl (C=O) groups is 2. The lowest BCUT2D eigenvalue weighted by atomic mass is 9.96. The predicted octanol–water partition coefficient (Wildman–Crippen LogP) is 2.26.